The van der Waals surface area contributed by atoms with Crippen molar-refractivity contribution < 1.29 is 14.6 Å². The minimum atomic E-state index is -0.233. The second-order valence-electron chi connectivity index (χ2n) is 6.60. The molecule has 1 N–H and O–H groups in total. The Morgan fingerprint density at radius 1 is 1.27 bits per heavy atom. The number of benzene rings is 1. The van der Waals surface area contributed by atoms with Crippen LogP contribution in [0.4, 0.5) is 0 Å². The monoisotopic (exact) mass is 303 g/mol. The first kappa shape index (κ1) is 15.3. The van der Waals surface area contributed by atoms with E-state index in [9.17, 15) is 9.90 Å². The Morgan fingerprint density at radius 3 is 2.77 bits per heavy atom. The number of piperidine rings is 1. The van der Waals surface area contributed by atoms with Crippen molar-refractivity contribution in [3.63, 3.8) is 0 Å². The van der Waals surface area contributed by atoms with E-state index in [1.54, 1.807) is 0 Å². The van der Waals surface area contributed by atoms with Gasteiger partial charge in [-0.25, -0.2) is 0 Å². The van der Waals surface area contributed by atoms with E-state index in [1.165, 1.54) is 0 Å². The number of hydrogen-bond donors (Lipinski definition) is 1. The van der Waals surface area contributed by atoms with E-state index in [1.807, 2.05) is 35.2 Å². The maximum Gasteiger partial charge on any atom is 0.226 e. The molecule has 0 bridgehead atoms. The number of nitrogens with zero attached hydrogens (tertiary/aromatic N) is 1. The average molecular weight is 303 g/mol. The summed E-state index contributed by atoms with van der Waals surface area (Å²) in [5.74, 6) is 0.950. The summed E-state index contributed by atoms with van der Waals surface area (Å²) >= 11 is 0. The number of ether oxygens (including phenoxy) is 1. The third-order valence-corrected chi connectivity index (χ3v) is 5.15. The summed E-state index contributed by atoms with van der Waals surface area (Å²) in [5, 5.41) is 10.3. The van der Waals surface area contributed by atoms with E-state index >= 15 is 0 Å². The molecule has 2 fully saturated rings. The number of para-hydroxylation sites is 1. The summed E-state index contributed by atoms with van der Waals surface area (Å²) in [5.41, 5.74) is -0.0335. The first-order valence-electron chi connectivity index (χ1n) is 8.33. The van der Waals surface area contributed by atoms with E-state index in [2.05, 4.69) is 0 Å². The molecule has 1 heterocycles. The Hall–Kier alpha value is -1.55. The molecule has 120 valence electrons. The van der Waals surface area contributed by atoms with E-state index in [4.69, 9.17) is 4.74 Å². The lowest BCUT2D eigenvalue weighted by atomic mass is 9.76. The van der Waals surface area contributed by atoms with Gasteiger partial charge in [-0.2, -0.15) is 0 Å². The van der Waals surface area contributed by atoms with Gasteiger partial charge >= 0.3 is 0 Å². The number of carbonyl (C=O) groups excluding carboxylic acids is 1. The summed E-state index contributed by atoms with van der Waals surface area (Å²) < 4.78 is 5.61. The highest BCUT2D eigenvalue weighted by Crippen LogP contribution is 2.45. The zero-order valence-corrected chi connectivity index (χ0v) is 13.0. The molecule has 2 aliphatic rings. The molecule has 0 radical (unpaired) electrons. The highest BCUT2D eigenvalue weighted by atomic mass is 16.5. The molecule has 1 aromatic carbocycles. The van der Waals surface area contributed by atoms with Gasteiger partial charge in [0.1, 0.15) is 5.75 Å². The van der Waals surface area contributed by atoms with Crippen molar-refractivity contribution in [2.24, 2.45) is 5.41 Å². The molecule has 1 aliphatic heterocycles. The maximum atomic E-state index is 12.4. The number of aliphatic hydroxyl groups is 1. The standard InChI is InChI=1S/C18H25NO3/c20-16-8-4-10-18(16)11-5-12-19(14-18)17(21)9-13-22-15-6-2-1-3-7-15/h1-3,6-7,16,20H,4-5,8-14H2/t16-,18-/m1/s1. The van der Waals surface area contributed by atoms with Crippen molar-refractivity contribution >= 4 is 5.91 Å². The van der Waals surface area contributed by atoms with Crippen LogP contribution < -0.4 is 4.74 Å². The van der Waals surface area contributed by atoms with Crippen LogP contribution >= 0.6 is 0 Å². The summed E-state index contributed by atoms with van der Waals surface area (Å²) in [7, 11) is 0. The predicted octanol–water partition coefficient (Wildman–Crippen LogP) is 2.61. The predicted molar refractivity (Wildman–Crippen MR) is 84.7 cm³/mol. The Balaban J connectivity index is 1.49. The summed E-state index contributed by atoms with van der Waals surface area (Å²) in [6.07, 6.45) is 5.25. The lowest BCUT2D eigenvalue weighted by Gasteiger charge is -2.42. The molecular formula is C18H25NO3. The second kappa shape index (κ2) is 6.69. The fourth-order valence-electron chi connectivity index (χ4n) is 3.90. The quantitative estimate of drug-likeness (QED) is 0.930. The maximum absolute atomic E-state index is 12.4. The molecule has 22 heavy (non-hydrogen) atoms. The molecule has 0 aromatic heterocycles. The molecule has 1 saturated carbocycles. The average Bonchev–Trinajstić information content (AvgIpc) is 2.88. The molecule has 4 heteroatoms. The number of hydrogen-bond acceptors (Lipinski definition) is 3. The molecule has 1 amide bonds. The van der Waals surface area contributed by atoms with Crippen molar-refractivity contribution in [2.45, 2.75) is 44.6 Å². The van der Waals surface area contributed by atoms with Crippen molar-refractivity contribution in [1.82, 2.24) is 4.90 Å². The smallest absolute Gasteiger partial charge is 0.226 e. The molecule has 3 rings (SSSR count). The van der Waals surface area contributed by atoms with E-state index < -0.39 is 0 Å². The van der Waals surface area contributed by atoms with Crippen molar-refractivity contribution in [1.29, 1.82) is 0 Å². The Bertz CT molecular complexity index is 504. The van der Waals surface area contributed by atoms with Gasteiger partial charge in [-0.15, -0.1) is 0 Å². The van der Waals surface area contributed by atoms with E-state index in [0.29, 0.717) is 13.0 Å². The minimum Gasteiger partial charge on any atom is -0.493 e. The third-order valence-electron chi connectivity index (χ3n) is 5.15. The first-order chi connectivity index (χ1) is 10.7. The number of likely N-dealkylation sites (tertiary alicyclic amines) is 1. The van der Waals surface area contributed by atoms with Gasteiger partial charge in [0.05, 0.1) is 19.1 Å². The van der Waals surface area contributed by atoms with E-state index in [0.717, 1.165) is 50.9 Å². The first-order valence-corrected chi connectivity index (χ1v) is 8.33. The molecule has 1 aromatic rings. The summed E-state index contributed by atoms with van der Waals surface area (Å²) in [6, 6.07) is 9.59. The third kappa shape index (κ3) is 3.27. The molecule has 1 spiro atoms. The minimum absolute atomic E-state index is 0.0335. The van der Waals surface area contributed by atoms with Crippen LogP contribution in [0.2, 0.25) is 0 Å². The summed E-state index contributed by atoms with van der Waals surface area (Å²) in [4.78, 5) is 14.3. The number of aliphatic hydroxyl groups excluding tert-OH is 1. The Kier molecular flexibility index (Phi) is 4.67. The van der Waals surface area contributed by atoms with Gasteiger partial charge in [-0.3, -0.25) is 4.79 Å². The molecular weight excluding hydrogens is 278 g/mol. The largest absolute Gasteiger partial charge is 0.493 e. The van der Waals surface area contributed by atoms with Gasteiger partial charge < -0.3 is 14.7 Å². The van der Waals surface area contributed by atoms with Crippen LogP contribution in [0, 0.1) is 5.41 Å². The lowest BCUT2D eigenvalue weighted by molar-refractivity contribution is -0.137. The van der Waals surface area contributed by atoms with Crippen molar-refractivity contribution in [3.05, 3.63) is 30.3 Å². The molecule has 1 aliphatic carbocycles. The molecule has 2 atom stereocenters. The van der Waals surface area contributed by atoms with Crippen LogP contribution in [-0.2, 0) is 4.79 Å². The number of rotatable bonds is 4. The van der Waals surface area contributed by atoms with Gasteiger partial charge in [0.2, 0.25) is 5.91 Å². The fraction of sp³-hybridized carbons (Fsp3) is 0.611. The van der Waals surface area contributed by atoms with Crippen LogP contribution in [-0.4, -0.2) is 41.7 Å². The fourth-order valence-corrected chi connectivity index (χ4v) is 3.90. The van der Waals surface area contributed by atoms with Crippen LogP contribution in [0.5, 0.6) is 5.75 Å². The van der Waals surface area contributed by atoms with Crippen LogP contribution in [0.3, 0.4) is 0 Å². The van der Waals surface area contributed by atoms with Gasteiger partial charge in [-0.1, -0.05) is 24.6 Å². The normalized spacial score (nSPS) is 28.0. The van der Waals surface area contributed by atoms with Crippen molar-refractivity contribution in [2.75, 3.05) is 19.7 Å². The Labute approximate surface area is 132 Å². The second-order valence-corrected chi connectivity index (χ2v) is 6.60. The molecule has 4 nitrogen and oxygen atoms in total. The van der Waals surface area contributed by atoms with Crippen LogP contribution in [0.15, 0.2) is 30.3 Å². The highest BCUT2D eigenvalue weighted by molar-refractivity contribution is 5.76. The zero-order chi connectivity index (χ0) is 15.4. The van der Waals surface area contributed by atoms with Gasteiger partial charge in [-0.05, 0) is 37.8 Å². The SMILES string of the molecule is O=C(CCOc1ccccc1)N1CCC[C@]2(CCC[C@H]2O)C1. The van der Waals surface area contributed by atoms with Crippen LogP contribution in [0.25, 0.3) is 0 Å². The Morgan fingerprint density at radius 2 is 2.05 bits per heavy atom. The topological polar surface area (TPSA) is 49.8 Å². The van der Waals surface area contributed by atoms with Crippen molar-refractivity contribution in [3.8, 4) is 5.75 Å². The zero-order valence-electron chi connectivity index (χ0n) is 13.0. The highest BCUT2D eigenvalue weighted by Gasteiger charge is 2.45. The number of carbonyl (C=O) groups is 1. The molecule has 1 saturated heterocycles. The van der Waals surface area contributed by atoms with Gasteiger partial charge in [0.25, 0.3) is 0 Å². The molecule has 0 unspecified atom stereocenters. The van der Waals surface area contributed by atoms with E-state index in [-0.39, 0.29) is 17.4 Å². The lowest BCUT2D eigenvalue weighted by Crippen LogP contribution is -2.49. The summed E-state index contributed by atoms with van der Waals surface area (Å²) in [6.45, 7) is 1.95. The van der Waals surface area contributed by atoms with Crippen LogP contribution in [0.1, 0.15) is 38.5 Å². The van der Waals surface area contributed by atoms with Gasteiger partial charge in [0.15, 0.2) is 0 Å². The number of amides is 1. The van der Waals surface area contributed by atoms with Gasteiger partial charge in [0, 0.05) is 18.5 Å².